The van der Waals surface area contributed by atoms with Crippen molar-refractivity contribution in [3.63, 3.8) is 0 Å². The van der Waals surface area contributed by atoms with Crippen LogP contribution >= 0.6 is 0 Å². The fourth-order valence-electron chi connectivity index (χ4n) is 3.37. The normalized spacial score (nSPS) is 23.5. The number of alkyl halides is 3. The van der Waals surface area contributed by atoms with E-state index in [4.69, 9.17) is 4.74 Å². The maximum atomic E-state index is 12.8. The topological polar surface area (TPSA) is 32.8 Å². The number of carbonyl (C=O) groups excluding carboxylic acids is 1. The zero-order valence-electron chi connectivity index (χ0n) is 13.4. The first-order valence-electron chi connectivity index (χ1n) is 8.22. The molecule has 1 amide bonds. The molecule has 0 spiro atoms. The molecular formula is C17H21F3N2O2. The minimum Gasteiger partial charge on any atom is -0.379 e. The lowest BCUT2D eigenvalue weighted by atomic mass is 10.0. The summed E-state index contributed by atoms with van der Waals surface area (Å²) in [7, 11) is 0. The van der Waals surface area contributed by atoms with Gasteiger partial charge in [-0.25, -0.2) is 0 Å². The van der Waals surface area contributed by atoms with Crippen LogP contribution in [0.5, 0.6) is 0 Å². The number of ether oxygens (including phenoxy) is 1. The van der Waals surface area contributed by atoms with Crippen molar-refractivity contribution in [1.82, 2.24) is 9.80 Å². The molecule has 7 heteroatoms. The maximum Gasteiger partial charge on any atom is 0.416 e. The van der Waals surface area contributed by atoms with Gasteiger partial charge in [0.2, 0.25) is 5.91 Å². The quantitative estimate of drug-likeness (QED) is 0.846. The van der Waals surface area contributed by atoms with Crippen LogP contribution in [0, 0.1) is 0 Å². The fraction of sp³-hybridized carbons (Fsp3) is 0.588. The number of morpholine rings is 1. The Balaban J connectivity index is 1.69. The van der Waals surface area contributed by atoms with E-state index in [2.05, 4.69) is 4.90 Å². The molecule has 0 unspecified atom stereocenters. The fourth-order valence-corrected chi connectivity index (χ4v) is 3.37. The lowest BCUT2D eigenvalue weighted by molar-refractivity contribution is -0.142. The van der Waals surface area contributed by atoms with E-state index in [1.54, 1.807) is 11.0 Å². The summed E-state index contributed by atoms with van der Waals surface area (Å²) in [6.07, 6.45) is -2.69. The Morgan fingerprint density at radius 3 is 2.62 bits per heavy atom. The Morgan fingerprint density at radius 1 is 1.17 bits per heavy atom. The molecule has 0 N–H and O–H groups in total. The van der Waals surface area contributed by atoms with E-state index in [-0.39, 0.29) is 18.5 Å². The SMILES string of the molecule is O=C1[C@H](N2CCOCC2)CCCN1Cc1cccc(C(F)(F)F)c1. The van der Waals surface area contributed by atoms with Gasteiger partial charge in [-0.3, -0.25) is 9.69 Å². The van der Waals surface area contributed by atoms with Crippen molar-refractivity contribution in [2.75, 3.05) is 32.8 Å². The Labute approximate surface area is 139 Å². The van der Waals surface area contributed by atoms with Gasteiger partial charge in [-0.1, -0.05) is 12.1 Å². The van der Waals surface area contributed by atoms with Crippen molar-refractivity contribution in [3.05, 3.63) is 35.4 Å². The Hall–Kier alpha value is -1.60. The van der Waals surface area contributed by atoms with Gasteiger partial charge in [0.05, 0.1) is 24.8 Å². The molecule has 1 atom stereocenters. The smallest absolute Gasteiger partial charge is 0.379 e. The third-order valence-electron chi connectivity index (χ3n) is 4.62. The summed E-state index contributed by atoms with van der Waals surface area (Å²) in [6, 6.07) is 5.05. The van der Waals surface area contributed by atoms with E-state index in [0.717, 1.165) is 38.1 Å². The highest BCUT2D eigenvalue weighted by Gasteiger charge is 2.34. The van der Waals surface area contributed by atoms with Gasteiger partial charge >= 0.3 is 6.18 Å². The molecule has 3 rings (SSSR count). The van der Waals surface area contributed by atoms with Crippen LogP contribution in [0.25, 0.3) is 0 Å². The molecule has 0 aliphatic carbocycles. The molecule has 1 aromatic carbocycles. The average molecular weight is 342 g/mol. The number of carbonyl (C=O) groups is 1. The number of amides is 1. The lowest BCUT2D eigenvalue weighted by Crippen LogP contribution is -2.54. The van der Waals surface area contributed by atoms with Crippen LogP contribution in [0.3, 0.4) is 0 Å². The van der Waals surface area contributed by atoms with E-state index in [9.17, 15) is 18.0 Å². The molecule has 2 aliphatic rings. The second kappa shape index (κ2) is 7.11. The highest BCUT2D eigenvalue weighted by Crippen LogP contribution is 2.30. The number of piperidine rings is 1. The first-order valence-corrected chi connectivity index (χ1v) is 8.22. The Morgan fingerprint density at radius 2 is 1.92 bits per heavy atom. The molecule has 132 valence electrons. The van der Waals surface area contributed by atoms with E-state index in [1.165, 1.54) is 6.07 Å². The van der Waals surface area contributed by atoms with Gasteiger partial charge in [-0.05, 0) is 30.5 Å². The molecule has 2 heterocycles. The van der Waals surface area contributed by atoms with Crippen LogP contribution in [0.4, 0.5) is 13.2 Å². The van der Waals surface area contributed by atoms with Crippen molar-refractivity contribution in [3.8, 4) is 0 Å². The van der Waals surface area contributed by atoms with Crippen LogP contribution in [0.15, 0.2) is 24.3 Å². The summed E-state index contributed by atoms with van der Waals surface area (Å²) in [5.74, 6) is 0.0144. The molecule has 0 bridgehead atoms. The number of hydrogen-bond acceptors (Lipinski definition) is 3. The van der Waals surface area contributed by atoms with Gasteiger partial charge < -0.3 is 9.64 Å². The van der Waals surface area contributed by atoms with Crippen LogP contribution in [-0.2, 0) is 22.3 Å². The van der Waals surface area contributed by atoms with Crippen molar-refractivity contribution >= 4 is 5.91 Å². The molecule has 0 aromatic heterocycles. The van der Waals surface area contributed by atoms with Gasteiger partial charge in [0, 0.05) is 26.2 Å². The molecule has 0 radical (unpaired) electrons. The standard InChI is InChI=1S/C17H21F3N2O2/c18-17(19,20)14-4-1-3-13(11-14)12-22-6-2-5-15(16(22)23)21-7-9-24-10-8-21/h1,3-4,11,15H,2,5-10,12H2/t15-/m1/s1. The summed E-state index contributed by atoms with van der Waals surface area (Å²) in [5.41, 5.74) is -0.157. The van der Waals surface area contributed by atoms with Gasteiger partial charge in [-0.15, -0.1) is 0 Å². The number of benzene rings is 1. The van der Waals surface area contributed by atoms with Crippen molar-refractivity contribution in [2.45, 2.75) is 31.6 Å². The predicted molar refractivity (Wildman–Crippen MR) is 82.3 cm³/mol. The number of likely N-dealkylation sites (tertiary alicyclic amines) is 1. The number of nitrogens with zero attached hydrogens (tertiary/aromatic N) is 2. The predicted octanol–water partition coefficient (Wildman–Crippen LogP) is 2.53. The molecule has 0 saturated carbocycles. The van der Waals surface area contributed by atoms with Gasteiger partial charge in [0.25, 0.3) is 0 Å². The average Bonchev–Trinajstić information content (AvgIpc) is 2.57. The van der Waals surface area contributed by atoms with Crippen molar-refractivity contribution < 1.29 is 22.7 Å². The van der Waals surface area contributed by atoms with Gasteiger partial charge in [-0.2, -0.15) is 13.2 Å². The summed E-state index contributed by atoms with van der Waals surface area (Å²) < 4.78 is 43.8. The van der Waals surface area contributed by atoms with E-state index in [0.29, 0.717) is 25.3 Å². The van der Waals surface area contributed by atoms with Gasteiger partial charge in [0.15, 0.2) is 0 Å². The van der Waals surface area contributed by atoms with Crippen molar-refractivity contribution in [2.24, 2.45) is 0 Å². The first kappa shape index (κ1) is 17.2. The van der Waals surface area contributed by atoms with Crippen LogP contribution in [0.2, 0.25) is 0 Å². The lowest BCUT2D eigenvalue weighted by Gasteiger charge is -2.40. The van der Waals surface area contributed by atoms with Crippen LogP contribution in [0.1, 0.15) is 24.0 Å². The second-order valence-corrected chi connectivity index (χ2v) is 6.26. The third-order valence-corrected chi connectivity index (χ3v) is 4.62. The highest BCUT2D eigenvalue weighted by molar-refractivity contribution is 5.82. The molecule has 2 aliphatic heterocycles. The summed E-state index contributed by atoms with van der Waals surface area (Å²) in [4.78, 5) is 16.5. The number of halogens is 3. The molecule has 2 fully saturated rings. The second-order valence-electron chi connectivity index (χ2n) is 6.26. The summed E-state index contributed by atoms with van der Waals surface area (Å²) >= 11 is 0. The zero-order chi connectivity index (χ0) is 17.2. The van der Waals surface area contributed by atoms with E-state index in [1.807, 2.05) is 0 Å². The number of rotatable bonds is 3. The minimum atomic E-state index is -4.36. The summed E-state index contributed by atoms with van der Waals surface area (Å²) in [5, 5.41) is 0. The largest absolute Gasteiger partial charge is 0.416 e. The van der Waals surface area contributed by atoms with E-state index >= 15 is 0 Å². The Kier molecular flexibility index (Phi) is 5.10. The highest BCUT2D eigenvalue weighted by atomic mass is 19.4. The summed E-state index contributed by atoms with van der Waals surface area (Å²) in [6.45, 7) is 3.52. The van der Waals surface area contributed by atoms with Crippen molar-refractivity contribution in [1.29, 1.82) is 0 Å². The van der Waals surface area contributed by atoms with Gasteiger partial charge in [0.1, 0.15) is 0 Å². The molecule has 4 nitrogen and oxygen atoms in total. The maximum absolute atomic E-state index is 12.8. The van der Waals surface area contributed by atoms with E-state index < -0.39 is 11.7 Å². The molecule has 2 saturated heterocycles. The number of hydrogen-bond donors (Lipinski definition) is 0. The van der Waals surface area contributed by atoms with Crippen LogP contribution in [-0.4, -0.2) is 54.6 Å². The zero-order valence-corrected chi connectivity index (χ0v) is 13.4. The van der Waals surface area contributed by atoms with Crippen LogP contribution < -0.4 is 0 Å². The Bertz CT molecular complexity index is 585. The molecular weight excluding hydrogens is 321 g/mol. The molecule has 24 heavy (non-hydrogen) atoms. The first-order chi connectivity index (χ1) is 11.4. The monoisotopic (exact) mass is 342 g/mol. The molecule has 1 aromatic rings. The minimum absolute atomic E-state index is 0.0144. The third kappa shape index (κ3) is 3.89.